The number of aromatic carboxylic acids is 3. The monoisotopic (exact) mass is 368 g/mol. The van der Waals surface area contributed by atoms with Crippen LogP contribution in [0.2, 0.25) is 0 Å². The number of carboxylic acids is 3. The molecule has 0 saturated carbocycles. The summed E-state index contributed by atoms with van der Waals surface area (Å²) < 4.78 is 0. The zero-order valence-corrected chi connectivity index (χ0v) is 15.2. The first kappa shape index (κ1) is 18.6. The molecule has 0 bridgehead atoms. The summed E-state index contributed by atoms with van der Waals surface area (Å²) in [6.07, 6.45) is 0.643. The van der Waals surface area contributed by atoms with Crippen molar-refractivity contribution in [2.45, 2.75) is 38.0 Å². The lowest BCUT2D eigenvalue weighted by Crippen LogP contribution is -2.24. The summed E-state index contributed by atoms with van der Waals surface area (Å²) in [5, 5.41) is 28.0. The molecule has 140 valence electrons. The van der Waals surface area contributed by atoms with Crippen LogP contribution in [0, 0.1) is 0 Å². The van der Waals surface area contributed by atoms with Crippen molar-refractivity contribution in [3.05, 3.63) is 69.8 Å². The van der Waals surface area contributed by atoms with E-state index >= 15 is 0 Å². The summed E-state index contributed by atoms with van der Waals surface area (Å²) in [5.74, 6) is -3.64. The Kier molecular flexibility index (Phi) is 4.10. The number of fused-ring (bicyclic) bond motifs is 1. The summed E-state index contributed by atoms with van der Waals surface area (Å²) in [6, 6.07) is 9.34. The second-order valence-corrected chi connectivity index (χ2v) is 7.83. The highest BCUT2D eigenvalue weighted by molar-refractivity contribution is 6.02. The highest BCUT2D eigenvalue weighted by Gasteiger charge is 2.46. The predicted molar refractivity (Wildman–Crippen MR) is 97.9 cm³/mol. The zero-order chi connectivity index (χ0) is 20.1. The van der Waals surface area contributed by atoms with Gasteiger partial charge in [0.25, 0.3) is 0 Å². The second-order valence-electron chi connectivity index (χ2n) is 7.83. The summed E-state index contributed by atoms with van der Waals surface area (Å²) in [6.45, 7) is 6.05. The minimum Gasteiger partial charge on any atom is -0.478 e. The van der Waals surface area contributed by atoms with Gasteiger partial charge < -0.3 is 15.3 Å². The van der Waals surface area contributed by atoms with Gasteiger partial charge in [0.1, 0.15) is 0 Å². The third kappa shape index (κ3) is 2.87. The third-order valence-electron chi connectivity index (χ3n) is 5.50. The average Bonchev–Trinajstić information content (AvgIpc) is 2.80. The number of benzene rings is 2. The molecule has 1 atom stereocenters. The van der Waals surface area contributed by atoms with Gasteiger partial charge in [0.2, 0.25) is 0 Å². The maximum atomic E-state index is 11.6. The molecule has 0 fully saturated rings. The Bertz CT molecular complexity index is 988. The molecule has 2 aromatic rings. The second kappa shape index (κ2) is 5.94. The van der Waals surface area contributed by atoms with Crippen LogP contribution >= 0.6 is 0 Å². The van der Waals surface area contributed by atoms with E-state index in [0.717, 1.165) is 11.1 Å². The molecular formula is C21H20O6. The molecule has 0 heterocycles. The van der Waals surface area contributed by atoms with Crippen molar-refractivity contribution in [2.24, 2.45) is 0 Å². The molecule has 0 saturated heterocycles. The quantitative estimate of drug-likeness (QED) is 0.757. The van der Waals surface area contributed by atoms with E-state index in [-0.39, 0.29) is 22.1 Å². The molecule has 1 aliphatic carbocycles. The summed E-state index contributed by atoms with van der Waals surface area (Å²) in [4.78, 5) is 34.3. The van der Waals surface area contributed by atoms with Crippen LogP contribution in [0.15, 0.2) is 36.4 Å². The van der Waals surface area contributed by atoms with Gasteiger partial charge >= 0.3 is 17.9 Å². The topological polar surface area (TPSA) is 112 Å². The summed E-state index contributed by atoms with van der Waals surface area (Å²) in [7, 11) is 0. The number of rotatable bonds is 4. The molecule has 6 nitrogen and oxygen atoms in total. The Labute approximate surface area is 156 Å². The molecule has 1 aliphatic rings. The van der Waals surface area contributed by atoms with Crippen LogP contribution in [0.4, 0.5) is 0 Å². The fourth-order valence-corrected chi connectivity index (χ4v) is 4.31. The van der Waals surface area contributed by atoms with Gasteiger partial charge in [-0.3, -0.25) is 0 Å². The van der Waals surface area contributed by atoms with Crippen LogP contribution in [-0.2, 0) is 10.8 Å². The third-order valence-corrected chi connectivity index (χ3v) is 5.50. The van der Waals surface area contributed by atoms with Crippen LogP contribution in [0.25, 0.3) is 0 Å². The highest BCUT2D eigenvalue weighted by atomic mass is 16.4. The standard InChI is InChI=1S/C21H20O6/c1-20(2)10-21(3,16-8-11(17(22)23)4-7-15(16)20)12-5-6-13(18(24)25)14(9-12)19(26)27/h4-9H,10H2,1-3H3,(H,22,23)(H,24,25)(H,26,27). The molecule has 0 aliphatic heterocycles. The first-order valence-electron chi connectivity index (χ1n) is 8.47. The SMILES string of the molecule is CC1(C)CC(C)(c2ccc(C(=O)O)c(C(=O)O)c2)c2cc(C(=O)O)ccc21. The first-order valence-corrected chi connectivity index (χ1v) is 8.47. The van der Waals surface area contributed by atoms with Gasteiger partial charge in [0, 0.05) is 5.41 Å². The van der Waals surface area contributed by atoms with E-state index in [1.54, 1.807) is 18.2 Å². The van der Waals surface area contributed by atoms with Gasteiger partial charge in [0.05, 0.1) is 16.7 Å². The lowest BCUT2D eigenvalue weighted by atomic mass is 9.74. The molecule has 27 heavy (non-hydrogen) atoms. The molecular weight excluding hydrogens is 348 g/mol. The molecule has 0 radical (unpaired) electrons. The van der Waals surface area contributed by atoms with E-state index in [1.165, 1.54) is 12.1 Å². The van der Waals surface area contributed by atoms with Crippen molar-refractivity contribution in [2.75, 3.05) is 0 Å². The van der Waals surface area contributed by atoms with Crippen molar-refractivity contribution >= 4 is 17.9 Å². The summed E-state index contributed by atoms with van der Waals surface area (Å²) >= 11 is 0. The molecule has 6 heteroatoms. The summed E-state index contributed by atoms with van der Waals surface area (Å²) in [5.41, 5.74) is 1.23. The van der Waals surface area contributed by atoms with Crippen LogP contribution < -0.4 is 0 Å². The zero-order valence-electron chi connectivity index (χ0n) is 15.2. The molecule has 0 spiro atoms. The van der Waals surface area contributed by atoms with Crippen molar-refractivity contribution in [3.63, 3.8) is 0 Å². The van der Waals surface area contributed by atoms with Gasteiger partial charge in [-0.2, -0.15) is 0 Å². The van der Waals surface area contributed by atoms with Crippen molar-refractivity contribution in [1.82, 2.24) is 0 Å². The molecule has 0 amide bonds. The average molecular weight is 368 g/mol. The smallest absolute Gasteiger partial charge is 0.336 e. The molecule has 1 unspecified atom stereocenters. The van der Waals surface area contributed by atoms with E-state index < -0.39 is 23.3 Å². The van der Waals surface area contributed by atoms with Crippen molar-refractivity contribution in [1.29, 1.82) is 0 Å². The maximum absolute atomic E-state index is 11.6. The minimum absolute atomic E-state index is 0.165. The Morgan fingerprint density at radius 2 is 1.41 bits per heavy atom. The fraction of sp³-hybridized carbons (Fsp3) is 0.286. The number of hydrogen-bond acceptors (Lipinski definition) is 3. The van der Waals surface area contributed by atoms with E-state index in [4.69, 9.17) is 0 Å². The Morgan fingerprint density at radius 1 is 0.778 bits per heavy atom. The Balaban J connectivity index is 2.25. The predicted octanol–water partition coefficient (Wildman–Crippen LogP) is 3.77. The fourth-order valence-electron chi connectivity index (χ4n) is 4.31. The number of hydrogen-bond donors (Lipinski definition) is 3. The van der Waals surface area contributed by atoms with Crippen LogP contribution in [-0.4, -0.2) is 33.2 Å². The van der Waals surface area contributed by atoms with Crippen molar-refractivity contribution in [3.8, 4) is 0 Å². The van der Waals surface area contributed by atoms with Gasteiger partial charge in [0.15, 0.2) is 0 Å². The molecule has 3 rings (SSSR count). The largest absolute Gasteiger partial charge is 0.478 e. The molecule has 3 N–H and O–H groups in total. The van der Waals surface area contributed by atoms with E-state index in [0.29, 0.717) is 12.0 Å². The highest BCUT2D eigenvalue weighted by Crippen LogP contribution is 2.53. The molecule has 0 aromatic heterocycles. The Morgan fingerprint density at radius 3 is 1.96 bits per heavy atom. The van der Waals surface area contributed by atoms with Gasteiger partial charge in [-0.05, 0) is 52.8 Å². The normalized spacial score (nSPS) is 20.1. The number of carbonyl (C=O) groups is 3. The van der Waals surface area contributed by atoms with Crippen molar-refractivity contribution < 1.29 is 29.7 Å². The number of carboxylic acid groups (broad SMARTS) is 3. The van der Waals surface area contributed by atoms with Gasteiger partial charge in [-0.15, -0.1) is 0 Å². The molecule has 2 aromatic carbocycles. The van der Waals surface area contributed by atoms with E-state index in [2.05, 4.69) is 13.8 Å². The van der Waals surface area contributed by atoms with E-state index in [9.17, 15) is 29.7 Å². The minimum atomic E-state index is -1.31. The lowest BCUT2D eigenvalue weighted by Gasteiger charge is -2.29. The van der Waals surface area contributed by atoms with Gasteiger partial charge in [-0.25, -0.2) is 14.4 Å². The first-order chi connectivity index (χ1) is 12.5. The van der Waals surface area contributed by atoms with Crippen LogP contribution in [0.1, 0.15) is 75.0 Å². The maximum Gasteiger partial charge on any atom is 0.336 e. The van der Waals surface area contributed by atoms with E-state index in [1.807, 2.05) is 13.0 Å². The Hall–Kier alpha value is -3.15. The van der Waals surface area contributed by atoms with Crippen LogP contribution in [0.5, 0.6) is 0 Å². The van der Waals surface area contributed by atoms with Crippen LogP contribution in [0.3, 0.4) is 0 Å². The van der Waals surface area contributed by atoms with Gasteiger partial charge in [-0.1, -0.05) is 32.9 Å². The lowest BCUT2D eigenvalue weighted by molar-refractivity contribution is 0.0651.